The smallest absolute Gasteiger partial charge is 0.234 e. The van der Waals surface area contributed by atoms with E-state index in [4.69, 9.17) is 14.5 Å². The highest BCUT2D eigenvalue weighted by Crippen LogP contribution is 2.60. The summed E-state index contributed by atoms with van der Waals surface area (Å²) in [5.74, 6) is 1.77. The highest BCUT2D eigenvalue weighted by Gasteiger charge is 2.65. The van der Waals surface area contributed by atoms with Gasteiger partial charge in [0.15, 0.2) is 5.96 Å². The van der Waals surface area contributed by atoms with Crippen LogP contribution in [0.5, 0.6) is 0 Å². The maximum Gasteiger partial charge on any atom is 0.234 e. The third-order valence-electron chi connectivity index (χ3n) is 7.55. The van der Waals surface area contributed by atoms with Crippen LogP contribution in [0.2, 0.25) is 0 Å². The first-order chi connectivity index (χ1) is 14.7. The van der Waals surface area contributed by atoms with E-state index in [2.05, 4.69) is 27.4 Å². The number of amides is 1. The quantitative estimate of drug-likeness (QED) is 0.216. The Morgan fingerprint density at radius 3 is 2.65 bits per heavy atom. The largest absolute Gasteiger partial charge is 0.383 e. The SMILES string of the molecule is CCN=C(NC1C2CCOC2C12CCCC2)N1CCN(CC(=O)NCCOC)CC1.I. The number of hydrogen-bond donors (Lipinski definition) is 2. The molecule has 4 fully saturated rings. The van der Waals surface area contributed by atoms with Gasteiger partial charge in [0, 0.05) is 70.4 Å². The van der Waals surface area contributed by atoms with E-state index in [1.807, 2.05) is 0 Å². The summed E-state index contributed by atoms with van der Waals surface area (Å²) in [6.45, 7) is 8.96. The second kappa shape index (κ2) is 11.5. The minimum absolute atomic E-state index is 0. The number of hydrogen-bond acceptors (Lipinski definition) is 5. The molecule has 3 atom stereocenters. The van der Waals surface area contributed by atoms with E-state index in [1.165, 1.54) is 32.1 Å². The molecule has 1 amide bonds. The summed E-state index contributed by atoms with van der Waals surface area (Å²) in [5, 5.41) is 6.81. The van der Waals surface area contributed by atoms with Crippen molar-refractivity contribution in [1.82, 2.24) is 20.4 Å². The molecule has 4 aliphatic rings. The molecular formula is C22H40IN5O3. The van der Waals surface area contributed by atoms with Crippen LogP contribution in [0.3, 0.4) is 0 Å². The molecule has 0 aromatic carbocycles. The molecule has 0 aromatic rings. The summed E-state index contributed by atoms with van der Waals surface area (Å²) in [7, 11) is 1.65. The Kier molecular flexibility index (Phi) is 9.24. The summed E-state index contributed by atoms with van der Waals surface area (Å²) in [4.78, 5) is 21.5. The number of methoxy groups -OCH3 is 1. The molecule has 2 saturated carbocycles. The van der Waals surface area contributed by atoms with Crippen molar-refractivity contribution < 1.29 is 14.3 Å². The number of nitrogens with one attached hydrogen (secondary N) is 2. The van der Waals surface area contributed by atoms with Crippen molar-refractivity contribution in [2.75, 3.05) is 66.1 Å². The summed E-state index contributed by atoms with van der Waals surface area (Å²) >= 11 is 0. The van der Waals surface area contributed by atoms with E-state index < -0.39 is 0 Å². The van der Waals surface area contributed by atoms with Crippen molar-refractivity contribution in [2.24, 2.45) is 16.3 Å². The van der Waals surface area contributed by atoms with Crippen LogP contribution in [0.25, 0.3) is 0 Å². The molecule has 2 N–H and O–H groups in total. The van der Waals surface area contributed by atoms with Gasteiger partial charge in [-0.05, 0) is 26.2 Å². The molecule has 9 heteroatoms. The number of nitrogens with zero attached hydrogens (tertiary/aromatic N) is 3. The van der Waals surface area contributed by atoms with Gasteiger partial charge in [0.2, 0.25) is 5.91 Å². The van der Waals surface area contributed by atoms with Gasteiger partial charge in [-0.25, -0.2) is 0 Å². The fraction of sp³-hybridized carbons (Fsp3) is 0.909. The Morgan fingerprint density at radius 2 is 1.97 bits per heavy atom. The van der Waals surface area contributed by atoms with E-state index in [-0.39, 0.29) is 29.9 Å². The molecule has 178 valence electrons. The summed E-state index contributed by atoms with van der Waals surface area (Å²) < 4.78 is 11.1. The van der Waals surface area contributed by atoms with Gasteiger partial charge < -0.3 is 25.0 Å². The average Bonchev–Trinajstić information content (AvgIpc) is 3.41. The van der Waals surface area contributed by atoms with Gasteiger partial charge >= 0.3 is 0 Å². The summed E-state index contributed by atoms with van der Waals surface area (Å²) in [5.41, 5.74) is 0.331. The van der Waals surface area contributed by atoms with Crippen LogP contribution in [0.1, 0.15) is 39.0 Å². The Morgan fingerprint density at radius 1 is 1.23 bits per heavy atom. The number of halogens is 1. The molecule has 4 rings (SSSR count). The Balaban J connectivity index is 0.00000272. The molecule has 0 aromatic heterocycles. The lowest BCUT2D eigenvalue weighted by Gasteiger charge is -2.57. The first-order valence-corrected chi connectivity index (χ1v) is 11.8. The molecule has 2 saturated heterocycles. The first-order valence-electron chi connectivity index (χ1n) is 11.8. The van der Waals surface area contributed by atoms with Gasteiger partial charge in [0.1, 0.15) is 0 Å². The topological polar surface area (TPSA) is 78.4 Å². The molecule has 0 radical (unpaired) electrons. The average molecular weight is 549 g/mol. The van der Waals surface area contributed by atoms with Gasteiger partial charge in [-0.2, -0.15) is 0 Å². The lowest BCUT2D eigenvalue weighted by Crippen LogP contribution is -2.70. The number of fused-ring (bicyclic) bond motifs is 2. The minimum atomic E-state index is 0. The van der Waals surface area contributed by atoms with Gasteiger partial charge in [0.05, 0.1) is 19.3 Å². The van der Waals surface area contributed by atoms with Crippen molar-refractivity contribution in [3.63, 3.8) is 0 Å². The van der Waals surface area contributed by atoms with E-state index >= 15 is 0 Å². The maximum atomic E-state index is 12.1. The van der Waals surface area contributed by atoms with Crippen LogP contribution >= 0.6 is 24.0 Å². The second-order valence-corrected chi connectivity index (χ2v) is 9.21. The van der Waals surface area contributed by atoms with E-state index in [1.54, 1.807) is 7.11 Å². The predicted octanol–water partition coefficient (Wildman–Crippen LogP) is 1.30. The van der Waals surface area contributed by atoms with E-state index in [9.17, 15) is 4.79 Å². The predicted molar refractivity (Wildman–Crippen MR) is 132 cm³/mol. The first kappa shape index (κ1) is 25.0. The van der Waals surface area contributed by atoms with Crippen molar-refractivity contribution >= 4 is 35.8 Å². The molecule has 2 heterocycles. The molecule has 2 aliphatic carbocycles. The summed E-state index contributed by atoms with van der Waals surface area (Å²) in [6.07, 6.45) is 6.88. The zero-order valence-corrected chi connectivity index (χ0v) is 21.4. The number of guanidine groups is 1. The number of rotatable bonds is 7. The van der Waals surface area contributed by atoms with E-state index in [0.717, 1.165) is 45.3 Å². The van der Waals surface area contributed by atoms with Gasteiger partial charge in [-0.15, -0.1) is 24.0 Å². The van der Waals surface area contributed by atoms with Crippen LogP contribution < -0.4 is 10.6 Å². The second-order valence-electron chi connectivity index (χ2n) is 9.21. The number of carbonyl (C=O) groups is 1. The Hall–Kier alpha value is -0.650. The van der Waals surface area contributed by atoms with Crippen molar-refractivity contribution in [3.05, 3.63) is 0 Å². The van der Waals surface area contributed by atoms with Crippen molar-refractivity contribution in [3.8, 4) is 0 Å². The molecule has 8 nitrogen and oxygen atoms in total. The van der Waals surface area contributed by atoms with Crippen LogP contribution in [0.15, 0.2) is 4.99 Å². The van der Waals surface area contributed by atoms with Gasteiger partial charge in [-0.3, -0.25) is 14.7 Å². The highest BCUT2D eigenvalue weighted by atomic mass is 127. The fourth-order valence-electron chi connectivity index (χ4n) is 6.10. The highest BCUT2D eigenvalue weighted by molar-refractivity contribution is 14.0. The van der Waals surface area contributed by atoms with Crippen LogP contribution in [0, 0.1) is 11.3 Å². The zero-order chi connectivity index (χ0) is 21.0. The molecule has 2 aliphatic heterocycles. The molecular weight excluding hydrogens is 509 g/mol. The standard InChI is InChI=1S/C22H39N5O3.HI/c1-3-23-21(25-19-17-6-14-30-20(17)22(19)7-4-5-8-22)27-12-10-26(11-13-27)16-18(28)24-9-15-29-2;/h17,19-20H,3-16H2,1-2H3,(H,23,25)(H,24,28);1H. The number of aliphatic imine (C=N–C) groups is 1. The van der Waals surface area contributed by atoms with Crippen molar-refractivity contribution in [1.29, 1.82) is 0 Å². The lowest BCUT2D eigenvalue weighted by molar-refractivity contribution is -0.125. The van der Waals surface area contributed by atoms with Gasteiger partial charge in [0.25, 0.3) is 0 Å². The lowest BCUT2D eigenvalue weighted by atomic mass is 9.54. The number of piperazine rings is 1. The Bertz CT molecular complexity index is 620. The minimum Gasteiger partial charge on any atom is -0.383 e. The third-order valence-corrected chi connectivity index (χ3v) is 7.55. The zero-order valence-electron chi connectivity index (χ0n) is 19.1. The number of carbonyl (C=O) groups excluding carboxylic acids is 1. The van der Waals surface area contributed by atoms with Crippen molar-refractivity contribution in [2.45, 2.75) is 51.2 Å². The maximum absolute atomic E-state index is 12.1. The molecule has 1 spiro atoms. The van der Waals surface area contributed by atoms with Crippen LogP contribution in [0.4, 0.5) is 0 Å². The number of ether oxygens (including phenoxy) is 2. The monoisotopic (exact) mass is 549 g/mol. The summed E-state index contributed by atoms with van der Waals surface area (Å²) in [6, 6.07) is 0.502. The fourth-order valence-corrected chi connectivity index (χ4v) is 6.10. The van der Waals surface area contributed by atoms with Crippen LogP contribution in [-0.4, -0.2) is 99.9 Å². The molecule has 31 heavy (non-hydrogen) atoms. The molecule has 3 unspecified atom stereocenters. The normalized spacial score (nSPS) is 29.9. The van der Waals surface area contributed by atoms with Crippen LogP contribution in [-0.2, 0) is 14.3 Å². The van der Waals surface area contributed by atoms with Gasteiger partial charge in [-0.1, -0.05) is 12.8 Å². The Labute approximate surface area is 203 Å². The van der Waals surface area contributed by atoms with E-state index in [0.29, 0.717) is 43.2 Å². The molecule has 0 bridgehead atoms. The third kappa shape index (κ3) is 5.30.